The number of benzene rings is 1. The molecule has 0 aliphatic rings. The number of nitrogens with one attached hydrogen (secondary N) is 2. The second-order valence-corrected chi connectivity index (χ2v) is 10.6. The van der Waals surface area contributed by atoms with E-state index >= 15 is 0 Å². The van der Waals surface area contributed by atoms with Crippen molar-refractivity contribution in [3.63, 3.8) is 0 Å². The van der Waals surface area contributed by atoms with Gasteiger partial charge in [0.25, 0.3) is 10.0 Å². The van der Waals surface area contributed by atoms with Gasteiger partial charge in [0.05, 0.1) is 16.4 Å². The molecule has 9 nitrogen and oxygen atoms in total. The zero-order valence-corrected chi connectivity index (χ0v) is 19.8. The number of anilines is 3. The maximum Gasteiger partial charge on any atom is 0.348 e. The van der Waals surface area contributed by atoms with Crippen LogP contribution in [0.2, 0.25) is 0 Å². The molecular formula is C20H19N5O4S3. The van der Waals surface area contributed by atoms with Crippen LogP contribution in [0.1, 0.15) is 29.1 Å². The molecule has 0 bridgehead atoms. The molecule has 0 spiro atoms. The minimum Gasteiger partial charge on any atom is -0.459 e. The fourth-order valence-corrected chi connectivity index (χ4v) is 5.75. The molecule has 0 atom stereocenters. The number of hydrogen-bond donors (Lipinski definition) is 2. The number of ether oxygens (including phenoxy) is 1. The Morgan fingerprint density at radius 1 is 1.12 bits per heavy atom. The summed E-state index contributed by atoms with van der Waals surface area (Å²) in [5.41, 5.74) is 1.36. The van der Waals surface area contributed by atoms with Gasteiger partial charge in [0.2, 0.25) is 0 Å². The molecule has 0 aliphatic heterocycles. The molecule has 0 saturated heterocycles. The Balaban J connectivity index is 1.60. The van der Waals surface area contributed by atoms with Crippen molar-refractivity contribution in [3.05, 3.63) is 52.6 Å². The summed E-state index contributed by atoms with van der Waals surface area (Å²) in [6.07, 6.45) is 2.71. The van der Waals surface area contributed by atoms with Crippen LogP contribution < -0.4 is 10.0 Å². The lowest BCUT2D eigenvalue weighted by molar-refractivity contribution is 0.0383. The molecule has 0 fully saturated rings. The molecule has 4 aromatic rings. The molecular weight excluding hydrogens is 470 g/mol. The van der Waals surface area contributed by atoms with E-state index in [-0.39, 0.29) is 11.0 Å². The molecule has 0 unspecified atom stereocenters. The minimum absolute atomic E-state index is 0.108. The number of carbonyl (C=O) groups excluding carboxylic acids is 1. The summed E-state index contributed by atoms with van der Waals surface area (Å²) in [4.78, 5) is 26.2. The van der Waals surface area contributed by atoms with Gasteiger partial charge >= 0.3 is 5.97 Å². The lowest BCUT2D eigenvalue weighted by atomic mass is 10.2. The smallest absolute Gasteiger partial charge is 0.348 e. The molecule has 32 heavy (non-hydrogen) atoms. The van der Waals surface area contributed by atoms with Crippen LogP contribution in [0.5, 0.6) is 0 Å². The third-order valence-corrected chi connectivity index (χ3v) is 7.69. The van der Waals surface area contributed by atoms with Crippen molar-refractivity contribution in [2.45, 2.75) is 31.8 Å². The van der Waals surface area contributed by atoms with Crippen molar-refractivity contribution in [2.75, 3.05) is 10.0 Å². The zero-order chi connectivity index (χ0) is 22.9. The molecule has 12 heteroatoms. The lowest BCUT2D eigenvalue weighted by Gasteiger charge is -2.09. The minimum atomic E-state index is -3.74. The van der Waals surface area contributed by atoms with Gasteiger partial charge in [-0.2, -0.15) is 0 Å². The summed E-state index contributed by atoms with van der Waals surface area (Å²) < 4.78 is 32.8. The summed E-state index contributed by atoms with van der Waals surface area (Å²) in [5.74, 6) is 0.123. The first-order valence-corrected chi connectivity index (χ1v) is 12.7. The van der Waals surface area contributed by atoms with E-state index in [1.807, 2.05) is 6.92 Å². The fraction of sp³-hybridized carbons (Fsp3) is 0.200. The van der Waals surface area contributed by atoms with Crippen LogP contribution in [0.15, 0.2) is 47.1 Å². The molecule has 1 aromatic carbocycles. The number of rotatable bonds is 7. The molecule has 3 aromatic heterocycles. The number of thiazole rings is 1. The predicted octanol–water partition coefficient (Wildman–Crippen LogP) is 4.57. The van der Waals surface area contributed by atoms with Crippen LogP contribution in [0.3, 0.4) is 0 Å². The summed E-state index contributed by atoms with van der Waals surface area (Å²) in [6.45, 7) is 5.41. The van der Waals surface area contributed by atoms with E-state index < -0.39 is 16.0 Å². The topological polar surface area (TPSA) is 123 Å². The van der Waals surface area contributed by atoms with Gasteiger partial charge < -0.3 is 10.1 Å². The highest BCUT2D eigenvalue weighted by molar-refractivity contribution is 7.93. The summed E-state index contributed by atoms with van der Waals surface area (Å²) in [6, 6.07) is 6.26. The number of esters is 1. The number of sulfonamides is 1. The van der Waals surface area contributed by atoms with Crippen LogP contribution in [-0.4, -0.2) is 35.4 Å². The van der Waals surface area contributed by atoms with Gasteiger partial charge in [-0.25, -0.2) is 28.2 Å². The third-order valence-electron chi connectivity index (χ3n) is 4.34. The van der Waals surface area contributed by atoms with Gasteiger partial charge in [0.15, 0.2) is 5.13 Å². The Labute approximate surface area is 192 Å². The van der Waals surface area contributed by atoms with E-state index in [0.717, 1.165) is 10.9 Å². The number of hydrogen-bond acceptors (Lipinski definition) is 10. The SMILES string of the molecule is Cc1c(C(=O)OC(C)C)sc2ncnc(Nc3ccc(S(=O)(=O)Nc4nccs4)cc3)c12. The van der Waals surface area contributed by atoms with Gasteiger partial charge in [-0.15, -0.1) is 22.7 Å². The Morgan fingerprint density at radius 3 is 2.53 bits per heavy atom. The van der Waals surface area contributed by atoms with Crippen LogP contribution in [0.25, 0.3) is 10.2 Å². The maximum atomic E-state index is 12.5. The first kappa shape index (κ1) is 22.1. The standard InChI is InChI=1S/C20H19N5O4S3/c1-11(2)29-19(26)16-12(3)15-17(22-10-23-18(15)31-16)24-13-4-6-14(7-5-13)32(27,28)25-20-21-8-9-30-20/h4-11H,1-3H3,(H,21,25)(H,22,23,24). The Bertz CT molecular complexity index is 1360. The van der Waals surface area contributed by atoms with E-state index in [1.165, 1.54) is 47.3 Å². The van der Waals surface area contributed by atoms with E-state index in [2.05, 4.69) is 25.0 Å². The van der Waals surface area contributed by atoms with Crippen molar-refractivity contribution in [1.82, 2.24) is 15.0 Å². The average molecular weight is 490 g/mol. The largest absolute Gasteiger partial charge is 0.459 e. The fourth-order valence-electron chi connectivity index (χ4n) is 2.93. The quantitative estimate of drug-likeness (QED) is 0.362. The van der Waals surface area contributed by atoms with E-state index in [0.29, 0.717) is 26.3 Å². The van der Waals surface area contributed by atoms with Gasteiger partial charge in [0, 0.05) is 17.3 Å². The summed E-state index contributed by atoms with van der Waals surface area (Å²) in [7, 11) is -3.74. The third kappa shape index (κ3) is 4.56. The number of aromatic nitrogens is 3. The molecule has 0 radical (unpaired) electrons. The number of carbonyl (C=O) groups is 1. The molecule has 0 aliphatic carbocycles. The monoisotopic (exact) mass is 489 g/mol. The number of fused-ring (bicyclic) bond motifs is 1. The molecule has 0 saturated carbocycles. The number of aryl methyl sites for hydroxylation is 1. The first-order chi connectivity index (χ1) is 15.2. The number of thiophene rings is 1. The first-order valence-electron chi connectivity index (χ1n) is 9.49. The van der Waals surface area contributed by atoms with E-state index in [9.17, 15) is 13.2 Å². The molecule has 2 N–H and O–H groups in total. The van der Waals surface area contributed by atoms with Gasteiger partial charge in [-0.1, -0.05) is 0 Å². The molecule has 4 rings (SSSR count). The van der Waals surface area contributed by atoms with Gasteiger partial charge in [-0.3, -0.25) is 4.72 Å². The lowest BCUT2D eigenvalue weighted by Crippen LogP contribution is -2.12. The summed E-state index contributed by atoms with van der Waals surface area (Å²) >= 11 is 2.45. The molecule has 0 amide bonds. The van der Waals surface area contributed by atoms with Crippen molar-refractivity contribution in [2.24, 2.45) is 0 Å². The van der Waals surface area contributed by atoms with Crippen LogP contribution in [0, 0.1) is 6.92 Å². The highest BCUT2D eigenvalue weighted by Gasteiger charge is 2.21. The van der Waals surface area contributed by atoms with Crippen molar-refractivity contribution < 1.29 is 17.9 Å². The molecule has 3 heterocycles. The summed E-state index contributed by atoms with van der Waals surface area (Å²) in [5, 5.41) is 5.89. The van der Waals surface area contributed by atoms with Crippen molar-refractivity contribution >= 4 is 65.5 Å². The van der Waals surface area contributed by atoms with Gasteiger partial charge in [0.1, 0.15) is 21.9 Å². The highest BCUT2D eigenvalue weighted by atomic mass is 32.2. The highest BCUT2D eigenvalue weighted by Crippen LogP contribution is 2.35. The van der Waals surface area contributed by atoms with Crippen LogP contribution in [-0.2, 0) is 14.8 Å². The van der Waals surface area contributed by atoms with Gasteiger partial charge in [-0.05, 0) is 50.6 Å². The van der Waals surface area contributed by atoms with Crippen LogP contribution >= 0.6 is 22.7 Å². The predicted molar refractivity (Wildman–Crippen MR) is 125 cm³/mol. The van der Waals surface area contributed by atoms with Crippen molar-refractivity contribution in [1.29, 1.82) is 0 Å². The van der Waals surface area contributed by atoms with Crippen molar-refractivity contribution in [3.8, 4) is 0 Å². The second kappa shape index (κ2) is 8.81. The second-order valence-electron chi connectivity index (χ2n) is 7.00. The van der Waals surface area contributed by atoms with Crippen LogP contribution in [0.4, 0.5) is 16.6 Å². The Morgan fingerprint density at radius 2 is 1.88 bits per heavy atom. The number of nitrogens with zero attached hydrogens (tertiary/aromatic N) is 3. The Hall–Kier alpha value is -3.09. The average Bonchev–Trinajstić information content (AvgIpc) is 3.36. The normalized spacial score (nSPS) is 11.6. The Kier molecular flexibility index (Phi) is 6.09. The van der Waals surface area contributed by atoms with E-state index in [1.54, 1.807) is 31.4 Å². The maximum absolute atomic E-state index is 12.5. The zero-order valence-electron chi connectivity index (χ0n) is 17.3. The molecule has 166 valence electrons. The van der Waals surface area contributed by atoms with E-state index in [4.69, 9.17) is 4.74 Å².